The second kappa shape index (κ2) is 11.0. The zero-order valence-corrected chi connectivity index (χ0v) is 20.4. The fourth-order valence-corrected chi connectivity index (χ4v) is 4.30. The van der Waals surface area contributed by atoms with Crippen molar-refractivity contribution in [2.75, 3.05) is 27.4 Å². The number of para-hydroxylation sites is 1. The highest BCUT2D eigenvalue weighted by Gasteiger charge is 2.35. The number of hydrogen-bond donors (Lipinski definition) is 0. The molecule has 0 unspecified atom stereocenters. The van der Waals surface area contributed by atoms with E-state index in [1.54, 1.807) is 38.2 Å². The predicted octanol–water partition coefficient (Wildman–Crippen LogP) is 4.58. The van der Waals surface area contributed by atoms with Crippen LogP contribution in [0, 0.1) is 10.1 Å². The third-order valence-electron chi connectivity index (χ3n) is 6.14. The van der Waals surface area contributed by atoms with Crippen LogP contribution >= 0.6 is 0 Å². The van der Waals surface area contributed by atoms with E-state index < -0.39 is 17.1 Å². The molecule has 0 radical (unpaired) electrons. The van der Waals surface area contributed by atoms with E-state index in [0.29, 0.717) is 36.0 Å². The van der Waals surface area contributed by atoms with Crippen molar-refractivity contribution in [3.63, 3.8) is 0 Å². The molecule has 0 N–H and O–H groups in total. The van der Waals surface area contributed by atoms with Crippen LogP contribution in [0.4, 0.5) is 5.69 Å². The molecule has 2 atom stereocenters. The summed E-state index contributed by atoms with van der Waals surface area (Å²) in [5.41, 5.74) is 1.90. The molecule has 3 aromatic carbocycles. The summed E-state index contributed by atoms with van der Waals surface area (Å²) in [4.78, 5) is 25.8. The van der Waals surface area contributed by atoms with Gasteiger partial charge < -0.3 is 23.8 Å². The van der Waals surface area contributed by atoms with E-state index in [1.165, 1.54) is 12.1 Å². The van der Waals surface area contributed by atoms with Crippen molar-refractivity contribution < 1.29 is 28.7 Å². The van der Waals surface area contributed by atoms with Crippen LogP contribution in [0.5, 0.6) is 23.0 Å². The van der Waals surface area contributed by atoms with Crippen LogP contribution in [0.3, 0.4) is 0 Å². The Bertz CT molecular complexity index is 1210. The number of hydrogen-bond acceptors (Lipinski definition) is 7. The molecule has 1 amide bonds. The summed E-state index contributed by atoms with van der Waals surface area (Å²) in [6.07, 6.45) is -0.0796. The zero-order valence-electron chi connectivity index (χ0n) is 20.4. The molecule has 3 aromatic rings. The first-order chi connectivity index (χ1) is 17.4. The van der Waals surface area contributed by atoms with E-state index in [4.69, 9.17) is 18.9 Å². The topological polar surface area (TPSA) is 100 Å². The molecule has 9 heteroatoms. The molecular weight excluding hydrogens is 464 g/mol. The third kappa shape index (κ3) is 5.35. The Hall–Kier alpha value is -4.27. The van der Waals surface area contributed by atoms with Crippen LogP contribution in [-0.2, 0) is 11.2 Å². The third-order valence-corrected chi connectivity index (χ3v) is 6.14. The van der Waals surface area contributed by atoms with Crippen molar-refractivity contribution in [1.82, 2.24) is 4.90 Å². The van der Waals surface area contributed by atoms with Gasteiger partial charge >= 0.3 is 0 Å². The van der Waals surface area contributed by atoms with Crippen molar-refractivity contribution in [3.05, 3.63) is 88.0 Å². The first-order valence-electron chi connectivity index (χ1n) is 11.6. The Morgan fingerprint density at radius 1 is 1.03 bits per heavy atom. The molecule has 0 saturated carbocycles. The predicted molar refractivity (Wildman–Crippen MR) is 133 cm³/mol. The summed E-state index contributed by atoms with van der Waals surface area (Å²) < 4.78 is 22.9. The van der Waals surface area contributed by atoms with E-state index in [2.05, 4.69) is 0 Å². The maximum Gasteiger partial charge on any atom is 0.269 e. The number of nitro groups is 1. The summed E-state index contributed by atoms with van der Waals surface area (Å²) in [5, 5.41) is 11.0. The molecule has 0 aliphatic carbocycles. The first-order valence-corrected chi connectivity index (χ1v) is 11.6. The molecule has 0 bridgehead atoms. The summed E-state index contributed by atoms with van der Waals surface area (Å²) >= 11 is 0. The molecule has 0 spiro atoms. The zero-order chi connectivity index (χ0) is 25.7. The average Bonchev–Trinajstić information content (AvgIpc) is 2.91. The quantitative estimate of drug-likeness (QED) is 0.318. The number of rotatable bonds is 9. The fourth-order valence-electron chi connectivity index (χ4n) is 4.30. The van der Waals surface area contributed by atoms with Gasteiger partial charge in [-0.2, -0.15) is 0 Å². The van der Waals surface area contributed by atoms with Crippen LogP contribution in [-0.4, -0.2) is 49.2 Å². The summed E-state index contributed by atoms with van der Waals surface area (Å²) in [6, 6.07) is 18.4. The van der Waals surface area contributed by atoms with Gasteiger partial charge in [0.2, 0.25) is 0 Å². The molecule has 188 valence electrons. The van der Waals surface area contributed by atoms with Crippen molar-refractivity contribution in [1.29, 1.82) is 0 Å². The number of methoxy groups -OCH3 is 2. The number of amides is 1. The second-order valence-electron chi connectivity index (χ2n) is 8.34. The van der Waals surface area contributed by atoms with E-state index in [0.717, 1.165) is 11.1 Å². The van der Waals surface area contributed by atoms with E-state index in [-0.39, 0.29) is 18.2 Å². The van der Waals surface area contributed by atoms with Crippen molar-refractivity contribution in [2.45, 2.75) is 25.5 Å². The minimum absolute atomic E-state index is 0.0223. The number of carbonyl (C=O) groups excluding carboxylic acids is 1. The Kier molecular flexibility index (Phi) is 7.58. The smallest absolute Gasteiger partial charge is 0.269 e. The lowest BCUT2D eigenvalue weighted by Gasteiger charge is -2.38. The molecular formula is C27H28N2O7. The standard InChI is InChI=1S/C27H28N2O7/c1-18(36-22-7-5-4-6-8-22)27(30)28-14-13-19-15-25(33-2)26(34-3)16-23(19)24(28)17-35-21-11-9-20(10-12-21)29(31)32/h4-12,15-16,18,24H,13-14,17H2,1-3H3/t18-,24-/m0/s1. The molecule has 9 nitrogen and oxygen atoms in total. The largest absolute Gasteiger partial charge is 0.493 e. The fraction of sp³-hybridized carbons (Fsp3) is 0.296. The lowest BCUT2D eigenvalue weighted by Crippen LogP contribution is -2.47. The molecule has 4 rings (SSSR count). The molecule has 0 fully saturated rings. The summed E-state index contributed by atoms with van der Waals surface area (Å²) in [7, 11) is 3.15. The van der Waals surface area contributed by atoms with Gasteiger partial charge in [-0.15, -0.1) is 0 Å². The number of non-ortho nitro benzene ring substituents is 1. The highest BCUT2D eigenvalue weighted by molar-refractivity contribution is 5.82. The van der Waals surface area contributed by atoms with Gasteiger partial charge in [-0.1, -0.05) is 18.2 Å². The maximum absolute atomic E-state index is 13.5. The lowest BCUT2D eigenvalue weighted by molar-refractivity contribution is -0.384. The van der Waals surface area contributed by atoms with Gasteiger partial charge in [-0.05, 0) is 60.9 Å². The van der Waals surface area contributed by atoms with Crippen LogP contribution in [0.15, 0.2) is 66.7 Å². The number of nitrogens with zero attached hydrogens (tertiary/aromatic N) is 2. The minimum atomic E-state index is -0.712. The van der Waals surface area contributed by atoms with Crippen molar-refractivity contribution in [3.8, 4) is 23.0 Å². The SMILES string of the molecule is COc1cc2c(cc1OC)[C@H](COc1ccc([N+](=O)[O-])cc1)N(C(=O)[C@H](C)Oc1ccccc1)CC2. The van der Waals surface area contributed by atoms with Gasteiger partial charge in [0.15, 0.2) is 17.6 Å². The van der Waals surface area contributed by atoms with Gasteiger partial charge in [0.05, 0.1) is 25.2 Å². The average molecular weight is 493 g/mol. The monoisotopic (exact) mass is 492 g/mol. The molecule has 36 heavy (non-hydrogen) atoms. The Balaban J connectivity index is 1.62. The Labute approximate surface area is 209 Å². The van der Waals surface area contributed by atoms with Crippen LogP contribution in [0.1, 0.15) is 24.1 Å². The van der Waals surface area contributed by atoms with Crippen LogP contribution in [0.2, 0.25) is 0 Å². The van der Waals surface area contributed by atoms with E-state index in [1.807, 2.05) is 42.5 Å². The first kappa shape index (κ1) is 24.8. The normalized spacial score (nSPS) is 15.4. The van der Waals surface area contributed by atoms with Crippen molar-refractivity contribution >= 4 is 11.6 Å². The van der Waals surface area contributed by atoms with Crippen LogP contribution < -0.4 is 18.9 Å². The van der Waals surface area contributed by atoms with Gasteiger partial charge in [0.1, 0.15) is 18.1 Å². The van der Waals surface area contributed by atoms with E-state index >= 15 is 0 Å². The second-order valence-corrected chi connectivity index (χ2v) is 8.34. The van der Waals surface area contributed by atoms with Gasteiger partial charge in [0, 0.05) is 18.7 Å². The number of benzene rings is 3. The minimum Gasteiger partial charge on any atom is -0.493 e. The number of fused-ring (bicyclic) bond motifs is 1. The number of ether oxygens (including phenoxy) is 4. The highest BCUT2D eigenvalue weighted by atomic mass is 16.6. The Morgan fingerprint density at radius 2 is 1.69 bits per heavy atom. The van der Waals surface area contributed by atoms with Crippen molar-refractivity contribution in [2.24, 2.45) is 0 Å². The highest BCUT2D eigenvalue weighted by Crippen LogP contribution is 2.39. The number of nitro benzene ring substituents is 1. The van der Waals surface area contributed by atoms with Gasteiger partial charge in [-0.25, -0.2) is 0 Å². The summed E-state index contributed by atoms with van der Waals surface area (Å²) in [6.45, 7) is 2.34. The van der Waals surface area contributed by atoms with Gasteiger partial charge in [0.25, 0.3) is 11.6 Å². The maximum atomic E-state index is 13.5. The molecule has 0 aromatic heterocycles. The van der Waals surface area contributed by atoms with E-state index in [9.17, 15) is 14.9 Å². The van der Waals surface area contributed by atoms with Gasteiger partial charge in [-0.3, -0.25) is 14.9 Å². The summed E-state index contributed by atoms with van der Waals surface area (Å²) in [5.74, 6) is 2.08. The molecule has 1 aliphatic heterocycles. The molecule has 1 heterocycles. The molecule has 1 aliphatic rings. The Morgan fingerprint density at radius 3 is 2.33 bits per heavy atom. The lowest BCUT2D eigenvalue weighted by atomic mass is 9.91. The molecule has 0 saturated heterocycles. The number of carbonyl (C=O) groups is 1. The van der Waals surface area contributed by atoms with Crippen LogP contribution in [0.25, 0.3) is 0 Å².